The van der Waals surface area contributed by atoms with Crippen molar-refractivity contribution in [3.05, 3.63) is 42.0 Å². The van der Waals surface area contributed by atoms with Crippen LogP contribution in [-0.2, 0) is 4.74 Å². The monoisotopic (exact) mass is 272 g/mol. The van der Waals surface area contributed by atoms with Gasteiger partial charge in [-0.2, -0.15) is 0 Å². The fourth-order valence-electron chi connectivity index (χ4n) is 2.86. The lowest BCUT2D eigenvalue weighted by atomic mass is 9.93. The van der Waals surface area contributed by atoms with Crippen molar-refractivity contribution in [2.75, 3.05) is 13.7 Å². The van der Waals surface area contributed by atoms with Crippen molar-refractivity contribution in [1.29, 1.82) is 0 Å². The zero-order chi connectivity index (χ0) is 14.1. The summed E-state index contributed by atoms with van der Waals surface area (Å²) in [5, 5.41) is 12.7. The molecule has 0 spiro atoms. The summed E-state index contributed by atoms with van der Waals surface area (Å²) in [7, 11) is 1.66. The van der Waals surface area contributed by atoms with Crippen LogP contribution in [0.1, 0.15) is 25.0 Å². The predicted octanol–water partition coefficient (Wildman–Crippen LogP) is 3.31. The van der Waals surface area contributed by atoms with E-state index in [0.29, 0.717) is 5.92 Å². The summed E-state index contributed by atoms with van der Waals surface area (Å²) >= 11 is 0. The minimum Gasteiger partial charge on any atom is -0.497 e. The summed E-state index contributed by atoms with van der Waals surface area (Å²) in [5.41, 5.74) is 0.918. The first-order valence-electron chi connectivity index (χ1n) is 7.06. The molecule has 3 nitrogen and oxygen atoms in total. The maximum atomic E-state index is 10.5. The molecule has 3 heteroatoms. The maximum absolute atomic E-state index is 10.5. The van der Waals surface area contributed by atoms with E-state index < -0.39 is 6.10 Å². The number of ether oxygens (including phenoxy) is 2. The van der Waals surface area contributed by atoms with Gasteiger partial charge in [0.1, 0.15) is 11.9 Å². The van der Waals surface area contributed by atoms with Gasteiger partial charge in [0.25, 0.3) is 0 Å². The smallest absolute Gasteiger partial charge is 0.119 e. The molecule has 3 atom stereocenters. The van der Waals surface area contributed by atoms with Crippen molar-refractivity contribution in [2.45, 2.75) is 25.6 Å². The topological polar surface area (TPSA) is 38.7 Å². The number of fused-ring (bicyclic) bond motifs is 1. The first kappa shape index (κ1) is 13.4. The van der Waals surface area contributed by atoms with Gasteiger partial charge in [0.05, 0.1) is 13.2 Å². The standard InChI is InChI=1S/C17H20O3/c1-11-7-8-20-17(11)16(18)14-4-3-13-10-15(19-2)6-5-12(13)9-14/h3-6,9-11,16-18H,7-8H2,1-2H3. The Hall–Kier alpha value is -1.58. The van der Waals surface area contributed by atoms with Crippen LogP contribution in [0, 0.1) is 5.92 Å². The van der Waals surface area contributed by atoms with Crippen LogP contribution in [0.25, 0.3) is 10.8 Å². The Kier molecular flexibility index (Phi) is 3.64. The zero-order valence-electron chi connectivity index (χ0n) is 11.9. The van der Waals surface area contributed by atoms with Crippen LogP contribution in [0.2, 0.25) is 0 Å². The second kappa shape index (κ2) is 5.43. The number of hydrogen-bond acceptors (Lipinski definition) is 3. The third kappa shape index (κ3) is 2.39. The molecule has 0 radical (unpaired) electrons. The molecule has 20 heavy (non-hydrogen) atoms. The van der Waals surface area contributed by atoms with E-state index in [1.807, 2.05) is 36.4 Å². The van der Waals surface area contributed by atoms with Crippen LogP contribution in [0.4, 0.5) is 0 Å². The van der Waals surface area contributed by atoms with E-state index in [9.17, 15) is 5.11 Å². The van der Waals surface area contributed by atoms with Crippen molar-refractivity contribution in [1.82, 2.24) is 0 Å². The lowest BCUT2D eigenvalue weighted by Gasteiger charge is -2.22. The molecule has 0 aromatic heterocycles. The molecule has 2 aromatic carbocycles. The number of methoxy groups -OCH3 is 1. The van der Waals surface area contributed by atoms with E-state index in [1.54, 1.807) is 7.11 Å². The Labute approximate surface area is 119 Å². The van der Waals surface area contributed by atoms with Crippen LogP contribution in [0.15, 0.2) is 36.4 Å². The molecule has 2 aromatic rings. The molecule has 1 heterocycles. The lowest BCUT2D eigenvalue weighted by Crippen LogP contribution is -2.22. The van der Waals surface area contributed by atoms with Gasteiger partial charge >= 0.3 is 0 Å². The zero-order valence-corrected chi connectivity index (χ0v) is 11.9. The van der Waals surface area contributed by atoms with E-state index in [4.69, 9.17) is 9.47 Å². The normalized spacial score (nSPS) is 23.9. The molecule has 1 aliphatic rings. The van der Waals surface area contributed by atoms with Crippen LogP contribution >= 0.6 is 0 Å². The number of aliphatic hydroxyl groups is 1. The predicted molar refractivity (Wildman–Crippen MR) is 79.0 cm³/mol. The van der Waals surface area contributed by atoms with E-state index in [2.05, 4.69) is 6.92 Å². The first-order valence-corrected chi connectivity index (χ1v) is 7.06. The molecule has 3 unspecified atom stereocenters. The molecular formula is C17H20O3. The molecule has 0 aliphatic carbocycles. The van der Waals surface area contributed by atoms with Crippen LogP contribution in [0.5, 0.6) is 5.75 Å². The third-order valence-corrected chi connectivity index (χ3v) is 4.17. The summed E-state index contributed by atoms with van der Waals surface area (Å²) in [6, 6.07) is 12.0. The van der Waals surface area contributed by atoms with Gasteiger partial charge in [-0.25, -0.2) is 0 Å². The van der Waals surface area contributed by atoms with Gasteiger partial charge in [-0.05, 0) is 46.9 Å². The molecule has 106 valence electrons. The average molecular weight is 272 g/mol. The number of aliphatic hydroxyl groups excluding tert-OH is 1. The van der Waals surface area contributed by atoms with E-state index in [0.717, 1.165) is 35.1 Å². The third-order valence-electron chi connectivity index (χ3n) is 4.17. The fourth-order valence-corrected chi connectivity index (χ4v) is 2.86. The van der Waals surface area contributed by atoms with Crippen LogP contribution in [-0.4, -0.2) is 24.9 Å². The van der Waals surface area contributed by atoms with Crippen molar-refractivity contribution >= 4 is 10.8 Å². The van der Waals surface area contributed by atoms with Crippen LogP contribution < -0.4 is 4.74 Å². The molecular weight excluding hydrogens is 252 g/mol. The quantitative estimate of drug-likeness (QED) is 0.931. The van der Waals surface area contributed by atoms with E-state index in [1.165, 1.54) is 0 Å². The van der Waals surface area contributed by atoms with E-state index in [-0.39, 0.29) is 6.10 Å². The van der Waals surface area contributed by atoms with Gasteiger partial charge in [0.2, 0.25) is 0 Å². The Morgan fingerprint density at radius 3 is 2.65 bits per heavy atom. The second-order valence-corrected chi connectivity index (χ2v) is 5.52. The Morgan fingerprint density at radius 2 is 1.95 bits per heavy atom. The van der Waals surface area contributed by atoms with Crippen molar-refractivity contribution in [3.8, 4) is 5.75 Å². The number of rotatable bonds is 3. The van der Waals surface area contributed by atoms with Crippen molar-refractivity contribution < 1.29 is 14.6 Å². The lowest BCUT2D eigenvalue weighted by molar-refractivity contribution is -0.0177. The highest BCUT2D eigenvalue weighted by Crippen LogP contribution is 2.32. The maximum Gasteiger partial charge on any atom is 0.119 e. The number of hydrogen-bond donors (Lipinski definition) is 1. The highest BCUT2D eigenvalue weighted by atomic mass is 16.5. The fraction of sp³-hybridized carbons (Fsp3) is 0.412. The minimum atomic E-state index is -0.556. The van der Waals surface area contributed by atoms with Gasteiger partial charge in [-0.3, -0.25) is 0 Å². The van der Waals surface area contributed by atoms with Crippen molar-refractivity contribution in [3.63, 3.8) is 0 Å². The van der Waals surface area contributed by atoms with Crippen molar-refractivity contribution in [2.24, 2.45) is 5.92 Å². The molecule has 1 saturated heterocycles. The van der Waals surface area contributed by atoms with Gasteiger partial charge in [-0.15, -0.1) is 0 Å². The Bertz CT molecular complexity index is 608. The summed E-state index contributed by atoms with van der Waals surface area (Å²) in [6.45, 7) is 2.88. The Morgan fingerprint density at radius 1 is 1.20 bits per heavy atom. The summed E-state index contributed by atoms with van der Waals surface area (Å²) in [6.07, 6.45) is 0.372. The van der Waals surface area contributed by atoms with E-state index >= 15 is 0 Å². The number of benzene rings is 2. The second-order valence-electron chi connectivity index (χ2n) is 5.52. The largest absolute Gasteiger partial charge is 0.497 e. The van der Waals surface area contributed by atoms with Gasteiger partial charge in [-0.1, -0.05) is 25.1 Å². The highest BCUT2D eigenvalue weighted by molar-refractivity contribution is 5.84. The summed E-state index contributed by atoms with van der Waals surface area (Å²) in [5.74, 6) is 1.25. The summed E-state index contributed by atoms with van der Waals surface area (Å²) < 4.78 is 10.9. The molecule has 1 N–H and O–H groups in total. The molecule has 0 bridgehead atoms. The molecule has 0 saturated carbocycles. The highest BCUT2D eigenvalue weighted by Gasteiger charge is 2.31. The molecule has 3 rings (SSSR count). The Balaban J connectivity index is 1.92. The summed E-state index contributed by atoms with van der Waals surface area (Å²) in [4.78, 5) is 0. The first-order chi connectivity index (χ1) is 9.69. The van der Waals surface area contributed by atoms with Crippen LogP contribution in [0.3, 0.4) is 0 Å². The van der Waals surface area contributed by atoms with Gasteiger partial charge in [0.15, 0.2) is 0 Å². The molecule has 0 amide bonds. The average Bonchev–Trinajstić information content (AvgIpc) is 2.91. The van der Waals surface area contributed by atoms with Gasteiger partial charge in [0, 0.05) is 6.61 Å². The van der Waals surface area contributed by atoms with Gasteiger partial charge < -0.3 is 14.6 Å². The molecule has 1 fully saturated rings. The molecule has 1 aliphatic heterocycles. The minimum absolute atomic E-state index is 0.0919. The SMILES string of the molecule is COc1ccc2cc(C(O)C3OCCC3C)ccc2c1.